The van der Waals surface area contributed by atoms with Crippen LogP contribution in [0.3, 0.4) is 0 Å². The average Bonchev–Trinajstić information content (AvgIpc) is 3.37. The lowest BCUT2D eigenvalue weighted by Gasteiger charge is -2.11. The zero-order valence-electron chi connectivity index (χ0n) is 16.7. The molecular weight excluding hydrogens is 493 g/mol. The monoisotopic (exact) mass is 511 g/mol. The lowest BCUT2D eigenvalue weighted by atomic mass is 10.1. The molecule has 4 rings (SSSR count). The molecule has 0 amide bonds. The van der Waals surface area contributed by atoms with Crippen molar-refractivity contribution >= 4 is 66.8 Å². The summed E-state index contributed by atoms with van der Waals surface area (Å²) in [6, 6.07) is 11.1. The fourth-order valence-electron chi connectivity index (χ4n) is 3.36. The van der Waals surface area contributed by atoms with Crippen LogP contribution in [-0.4, -0.2) is 37.6 Å². The van der Waals surface area contributed by atoms with Crippen LogP contribution in [0.1, 0.15) is 28.1 Å². The summed E-state index contributed by atoms with van der Waals surface area (Å²) in [4.78, 5) is 17.5. The molecule has 1 fully saturated rings. The van der Waals surface area contributed by atoms with Gasteiger partial charge in [0.2, 0.25) is 5.78 Å². The Kier molecular flexibility index (Phi) is 6.73. The largest absolute Gasteiger partial charge is 0.382 e. The number of thiazole rings is 1. The number of sulfone groups is 1. The Balaban J connectivity index is 1.50. The van der Waals surface area contributed by atoms with Gasteiger partial charge in [0.05, 0.1) is 32.4 Å². The van der Waals surface area contributed by atoms with Crippen molar-refractivity contribution in [3.8, 4) is 0 Å². The topological polar surface area (TPSA) is 111 Å². The summed E-state index contributed by atoms with van der Waals surface area (Å²) in [6.07, 6.45) is 1.39. The van der Waals surface area contributed by atoms with Crippen LogP contribution in [0.25, 0.3) is 0 Å². The third kappa shape index (κ3) is 4.92. The number of ketones is 1. The average molecular weight is 512 g/mol. The number of nitrogens with zero attached hydrogens (tertiary/aromatic N) is 1. The summed E-state index contributed by atoms with van der Waals surface area (Å²) in [5, 5.41) is 3.87. The Morgan fingerprint density at radius 2 is 1.88 bits per heavy atom. The smallest absolute Gasteiger partial charge is 0.209 e. The fourth-order valence-corrected chi connectivity index (χ4v) is 6.28. The van der Waals surface area contributed by atoms with Crippen molar-refractivity contribution in [3.63, 3.8) is 0 Å². The number of ether oxygens (including phenoxy) is 1. The van der Waals surface area contributed by atoms with Gasteiger partial charge in [-0.1, -0.05) is 40.6 Å². The van der Waals surface area contributed by atoms with Crippen molar-refractivity contribution in [1.82, 2.24) is 4.98 Å². The first-order valence-corrected chi connectivity index (χ1v) is 12.9. The van der Waals surface area contributed by atoms with Crippen molar-refractivity contribution in [2.45, 2.75) is 23.8 Å². The highest BCUT2D eigenvalue weighted by molar-refractivity contribution is 7.91. The Morgan fingerprint density at radius 1 is 1.19 bits per heavy atom. The number of anilines is 3. The van der Waals surface area contributed by atoms with E-state index in [2.05, 4.69) is 10.3 Å². The van der Waals surface area contributed by atoms with Gasteiger partial charge in [0.1, 0.15) is 10.7 Å². The predicted molar refractivity (Wildman–Crippen MR) is 127 cm³/mol. The number of benzene rings is 2. The van der Waals surface area contributed by atoms with Crippen LogP contribution in [0.2, 0.25) is 10.0 Å². The maximum Gasteiger partial charge on any atom is 0.209 e. The molecule has 1 aromatic heterocycles. The number of rotatable bonds is 7. The number of hydrogen-bond donors (Lipinski definition) is 2. The van der Waals surface area contributed by atoms with E-state index in [-0.39, 0.29) is 43.1 Å². The minimum atomic E-state index is -3.44. The first-order valence-electron chi connectivity index (χ1n) is 9.71. The molecule has 0 saturated carbocycles. The predicted octanol–water partition coefficient (Wildman–Crippen LogP) is 4.96. The zero-order chi connectivity index (χ0) is 22.9. The number of aromatic nitrogens is 1. The van der Waals surface area contributed by atoms with E-state index in [0.717, 1.165) is 24.2 Å². The lowest BCUT2D eigenvalue weighted by molar-refractivity contribution is 0.104. The maximum atomic E-state index is 12.9. The van der Waals surface area contributed by atoms with Gasteiger partial charge in [0.25, 0.3) is 0 Å². The zero-order valence-corrected chi connectivity index (χ0v) is 19.8. The van der Waals surface area contributed by atoms with Gasteiger partial charge in [-0.3, -0.25) is 4.79 Å². The fraction of sp³-hybridized carbons (Fsp3) is 0.238. The molecule has 0 aliphatic carbocycles. The number of nitrogen functional groups attached to an aromatic ring is 1. The Bertz CT molecular complexity index is 1230. The van der Waals surface area contributed by atoms with Gasteiger partial charge >= 0.3 is 0 Å². The highest BCUT2D eigenvalue weighted by atomic mass is 35.5. The number of halogens is 2. The lowest BCUT2D eigenvalue weighted by Crippen LogP contribution is -2.20. The molecule has 2 heterocycles. The molecule has 1 aliphatic heterocycles. The van der Waals surface area contributed by atoms with Gasteiger partial charge < -0.3 is 15.8 Å². The standard InChI is InChI=1S/C21H19Cl2N3O4S2/c22-15-4-1-5-16(23)17(15)18(27)19-20(24)26-21(31-19)25-12-6-8-14(9-7-12)32(28,29)11-13-3-2-10-30-13/h1,4-9,13H,2-3,10-11,24H2,(H,25,26). The first-order chi connectivity index (χ1) is 15.2. The Labute approximate surface area is 199 Å². The van der Waals surface area contributed by atoms with Crippen LogP contribution in [-0.2, 0) is 14.6 Å². The maximum absolute atomic E-state index is 12.9. The molecule has 3 N–H and O–H groups in total. The van der Waals surface area contributed by atoms with Crippen LogP contribution in [0.15, 0.2) is 47.4 Å². The molecule has 7 nitrogen and oxygen atoms in total. The van der Waals surface area contributed by atoms with Crippen LogP contribution in [0.5, 0.6) is 0 Å². The molecule has 11 heteroatoms. The van der Waals surface area contributed by atoms with Gasteiger partial charge in [0, 0.05) is 12.3 Å². The van der Waals surface area contributed by atoms with Crippen LogP contribution < -0.4 is 11.1 Å². The number of carbonyl (C=O) groups is 1. The van der Waals surface area contributed by atoms with Crippen LogP contribution in [0.4, 0.5) is 16.6 Å². The SMILES string of the molecule is Nc1nc(Nc2ccc(S(=O)(=O)CC3CCCO3)cc2)sc1C(=O)c1c(Cl)cccc1Cl. The number of nitrogens with one attached hydrogen (secondary N) is 1. The van der Waals surface area contributed by atoms with Crippen molar-refractivity contribution in [3.05, 3.63) is 63.0 Å². The van der Waals surface area contributed by atoms with Gasteiger partial charge in [-0.15, -0.1) is 0 Å². The normalized spacial score (nSPS) is 16.2. The highest BCUT2D eigenvalue weighted by Crippen LogP contribution is 2.34. The van der Waals surface area contributed by atoms with E-state index < -0.39 is 15.6 Å². The quantitative estimate of drug-likeness (QED) is 0.431. The summed E-state index contributed by atoms with van der Waals surface area (Å²) in [5.74, 6) is -0.396. The van der Waals surface area contributed by atoms with Crippen LogP contribution in [0, 0.1) is 0 Å². The van der Waals surface area contributed by atoms with E-state index in [1.54, 1.807) is 30.3 Å². The number of nitrogens with two attached hydrogens (primary N) is 1. The summed E-state index contributed by atoms with van der Waals surface area (Å²) >= 11 is 13.3. The molecule has 2 aromatic carbocycles. The molecular formula is C21H19Cl2N3O4S2. The molecule has 32 heavy (non-hydrogen) atoms. The third-order valence-corrected chi connectivity index (χ3v) is 8.36. The van der Waals surface area contributed by atoms with Crippen molar-refractivity contribution in [2.24, 2.45) is 0 Å². The van der Waals surface area contributed by atoms with E-state index in [1.807, 2.05) is 0 Å². The molecule has 1 unspecified atom stereocenters. The first kappa shape index (κ1) is 23.0. The van der Waals surface area contributed by atoms with E-state index in [0.29, 0.717) is 17.4 Å². The minimum absolute atomic E-state index is 0.0289. The van der Waals surface area contributed by atoms with E-state index >= 15 is 0 Å². The third-order valence-electron chi connectivity index (χ3n) is 4.94. The van der Waals surface area contributed by atoms with Crippen LogP contribution >= 0.6 is 34.5 Å². The molecule has 1 atom stereocenters. The molecule has 1 saturated heterocycles. The van der Waals surface area contributed by atoms with Crippen molar-refractivity contribution < 1.29 is 17.9 Å². The van der Waals surface area contributed by atoms with Crippen molar-refractivity contribution in [2.75, 3.05) is 23.4 Å². The summed E-state index contributed by atoms with van der Waals surface area (Å²) < 4.78 is 30.6. The molecule has 1 aliphatic rings. The second kappa shape index (κ2) is 9.36. The van der Waals surface area contributed by atoms with Gasteiger partial charge in [-0.2, -0.15) is 0 Å². The second-order valence-corrected chi connectivity index (χ2v) is 11.1. The molecule has 0 radical (unpaired) electrons. The van der Waals surface area contributed by atoms with E-state index in [4.69, 9.17) is 33.7 Å². The van der Waals surface area contributed by atoms with E-state index in [9.17, 15) is 13.2 Å². The van der Waals surface area contributed by atoms with Gasteiger partial charge in [-0.05, 0) is 49.2 Å². The number of carbonyl (C=O) groups excluding carboxylic acids is 1. The second-order valence-electron chi connectivity index (χ2n) is 7.22. The van der Waals surface area contributed by atoms with Crippen molar-refractivity contribution in [1.29, 1.82) is 0 Å². The van der Waals surface area contributed by atoms with Gasteiger partial charge in [-0.25, -0.2) is 13.4 Å². The van der Waals surface area contributed by atoms with Gasteiger partial charge in [0.15, 0.2) is 15.0 Å². The summed E-state index contributed by atoms with van der Waals surface area (Å²) in [7, 11) is -3.44. The summed E-state index contributed by atoms with van der Waals surface area (Å²) in [5.41, 5.74) is 6.72. The minimum Gasteiger partial charge on any atom is -0.382 e. The summed E-state index contributed by atoms with van der Waals surface area (Å²) in [6.45, 7) is 0.604. The Hall–Kier alpha value is -2.17. The molecule has 0 spiro atoms. The molecule has 3 aromatic rings. The Morgan fingerprint density at radius 3 is 2.50 bits per heavy atom. The molecule has 0 bridgehead atoms. The van der Waals surface area contributed by atoms with E-state index in [1.165, 1.54) is 12.1 Å². The molecule has 168 valence electrons. The highest BCUT2D eigenvalue weighted by Gasteiger charge is 2.25. The number of hydrogen-bond acceptors (Lipinski definition) is 8.